The zero-order valence-electron chi connectivity index (χ0n) is 22.4. The van der Waals surface area contributed by atoms with Crippen molar-refractivity contribution >= 4 is 38.5 Å². The number of aliphatic hydroxyl groups excluding tert-OH is 4. The minimum atomic E-state index is -5.37. The fourth-order valence-corrected chi connectivity index (χ4v) is 6.77. The lowest BCUT2D eigenvalue weighted by Crippen LogP contribution is -2.40. The summed E-state index contributed by atoms with van der Waals surface area (Å²) in [4.78, 5) is 44.6. The monoisotopic (exact) mass is 665 g/mol. The number of anilines is 1. The number of primary amides is 1. The van der Waals surface area contributed by atoms with Gasteiger partial charge in [-0.1, -0.05) is 6.08 Å². The number of carbonyl (C=O) groups is 1. The first-order chi connectivity index (χ1) is 20.7. The predicted octanol–water partition coefficient (Wildman–Crippen LogP) is -2.69. The molecule has 2 aromatic heterocycles. The highest BCUT2D eigenvalue weighted by molar-refractivity contribution is 7.61. The summed E-state index contributed by atoms with van der Waals surface area (Å²) in [6, 6.07) is 0. The van der Waals surface area contributed by atoms with Crippen molar-refractivity contribution < 1.29 is 67.0 Å². The molecule has 44 heavy (non-hydrogen) atoms. The number of rotatable bonds is 11. The molecule has 5 heterocycles. The maximum atomic E-state index is 12.4. The molecule has 3 aliphatic rings. The van der Waals surface area contributed by atoms with Crippen molar-refractivity contribution in [2.45, 2.75) is 55.5 Å². The maximum Gasteiger partial charge on any atom is 0.481 e. The van der Waals surface area contributed by atoms with Crippen LogP contribution in [0.2, 0.25) is 0 Å². The van der Waals surface area contributed by atoms with Gasteiger partial charge in [-0.2, -0.15) is 4.31 Å². The molecule has 2 fully saturated rings. The highest BCUT2D eigenvalue weighted by Crippen LogP contribution is 2.60. The Morgan fingerprint density at radius 3 is 2.16 bits per heavy atom. The topological polar surface area (TPSA) is 318 Å². The Morgan fingerprint density at radius 2 is 1.55 bits per heavy atom. The van der Waals surface area contributed by atoms with Gasteiger partial charge in [0, 0.05) is 18.0 Å². The largest absolute Gasteiger partial charge is 0.481 e. The second kappa shape index (κ2) is 12.5. The maximum absolute atomic E-state index is 12.4. The number of amides is 1. The molecular formula is C21H29N7O14P2. The molecule has 242 valence electrons. The van der Waals surface area contributed by atoms with Gasteiger partial charge in [0.05, 0.1) is 19.5 Å². The van der Waals surface area contributed by atoms with E-state index in [0.717, 1.165) is 6.33 Å². The van der Waals surface area contributed by atoms with Gasteiger partial charge in [0.15, 0.2) is 23.9 Å². The minimum Gasteiger partial charge on any atom is -0.387 e. The Kier molecular flexibility index (Phi) is 9.23. The predicted molar refractivity (Wildman–Crippen MR) is 142 cm³/mol. The molecule has 0 radical (unpaired) electrons. The van der Waals surface area contributed by atoms with Gasteiger partial charge in [0.25, 0.3) is 0 Å². The normalized spacial score (nSPS) is 33.3. The van der Waals surface area contributed by atoms with E-state index < -0.39 is 83.8 Å². The molecule has 2 saturated heterocycles. The van der Waals surface area contributed by atoms with Gasteiger partial charge in [-0.15, -0.1) is 0 Å². The molecule has 2 aromatic rings. The number of nitrogens with zero attached hydrogens (tertiary/aromatic N) is 5. The number of allylic oxidation sites excluding steroid dienone is 1. The van der Waals surface area contributed by atoms with Crippen LogP contribution >= 0.6 is 15.6 Å². The lowest BCUT2D eigenvalue weighted by atomic mass is 10.1. The third-order valence-corrected chi connectivity index (χ3v) is 9.48. The quantitative estimate of drug-likeness (QED) is 0.113. The van der Waals surface area contributed by atoms with Crippen LogP contribution in [0.3, 0.4) is 0 Å². The third-order valence-electron chi connectivity index (χ3n) is 6.88. The molecule has 0 saturated carbocycles. The number of hydrogen-bond acceptors (Lipinski definition) is 17. The van der Waals surface area contributed by atoms with E-state index in [-0.39, 0.29) is 29.0 Å². The molecule has 0 aliphatic carbocycles. The van der Waals surface area contributed by atoms with E-state index in [1.165, 1.54) is 28.2 Å². The molecular weight excluding hydrogens is 636 g/mol. The van der Waals surface area contributed by atoms with Crippen LogP contribution in [0, 0.1) is 0 Å². The minimum absolute atomic E-state index is 0.0517. The molecule has 0 bridgehead atoms. The molecule has 21 nitrogen and oxygen atoms in total. The number of ether oxygens (including phenoxy) is 2. The average molecular weight is 665 g/mol. The van der Waals surface area contributed by atoms with Crippen LogP contribution in [0.25, 0.3) is 11.2 Å². The highest BCUT2D eigenvalue weighted by atomic mass is 31.3. The number of carbonyl (C=O) groups excluding carboxylic acids is 1. The smallest absolute Gasteiger partial charge is 0.387 e. The zero-order chi connectivity index (χ0) is 32.0. The van der Waals surface area contributed by atoms with Crippen LogP contribution in [-0.4, -0.2) is 117 Å². The summed E-state index contributed by atoms with van der Waals surface area (Å²) in [5, 5.41) is 41.6. The molecule has 10 N–H and O–H groups in total. The van der Waals surface area contributed by atoms with E-state index in [9.17, 15) is 44.1 Å². The average Bonchev–Trinajstić information content (AvgIpc) is 3.61. The van der Waals surface area contributed by atoms with Crippen molar-refractivity contribution in [3.63, 3.8) is 0 Å². The molecule has 10 atom stereocenters. The molecule has 5 rings (SSSR count). The Balaban J connectivity index is 1.15. The summed E-state index contributed by atoms with van der Waals surface area (Å²) in [5.74, 6) is -0.658. The molecule has 0 aromatic carbocycles. The Bertz CT molecular complexity index is 1560. The number of aromatic nitrogens is 4. The van der Waals surface area contributed by atoms with E-state index >= 15 is 0 Å². The second-order valence-electron chi connectivity index (χ2n) is 9.84. The standard InChI is InChI=1S/C21H29N7O14P2/c22-17-12-19(25-7-24-17)28(8-26-12)21-16(32)14(30)11(41-21)6-39-44(36,37)42-43(34,35)38-5-10-13(29)15(31)20(40-10)27-3-1-2-9(4-27)18(23)33/h1,3-4,7-8,10-11,13-16,20-21,29-32H,2,5-6H2,(H2,23,33)(H,34,35)(H,36,37)(H2,22,24,25)/t10-,11-,13+,14-,15+,16-,20+,21-/m0/s1. The Morgan fingerprint density at radius 1 is 0.955 bits per heavy atom. The lowest BCUT2D eigenvalue weighted by molar-refractivity contribution is -0.115. The van der Waals surface area contributed by atoms with Crippen molar-refractivity contribution in [1.82, 2.24) is 24.4 Å². The number of phosphoric ester groups is 2. The van der Waals surface area contributed by atoms with E-state index in [1.54, 1.807) is 6.08 Å². The van der Waals surface area contributed by atoms with Crippen LogP contribution in [-0.2, 0) is 36.8 Å². The third kappa shape index (κ3) is 6.70. The van der Waals surface area contributed by atoms with E-state index in [0.29, 0.717) is 0 Å². The fourth-order valence-electron chi connectivity index (χ4n) is 4.68. The van der Waals surface area contributed by atoms with E-state index in [2.05, 4.69) is 19.3 Å². The molecule has 1 amide bonds. The summed E-state index contributed by atoms with van der Waals surface area (Å²) >= 11 is 0. The number of hydrogen-bond donors (Lipinski definition) is 8. The Labute approximate surface area is 247 Å². The second-order valence-corrected chi connectivity index (χ2v) is 12.9. The summed E-state index contributed by atoms with van der Waals surface area (Å²) in [6.07, 6.45) is -4.88. The summed E-state index contributed by atoms with van der Waals surface area (Å²) in [7, 11) is -10.7. The van der Waals surface area contributed by atoms with Crippen molar-refractivity contribution in [1.29, 1.82) is 0 Å². The van der Waals surface area contributed by atoms with Gasteiger partial charge < -0.3 is 56.1 Å². The number of nitrogens with two attached hydrogens (primary N) is 2. The highest BCUT2D eigenvalue weighted by Gasteiger charge is 2.48. The first-order valence-corrected chi connectivity index (χ1v) is 15.7. The lowest BCUT2D eigenvalue weighted by Gasteiger charge is -2.28. The molecule has 23 heteroatoms. The van der Waals surface area contributed by atoms with Crippen LogP contribution in [0.15, 0.2) is 36.7 Å². The molecule has 2 unspecified atom stereocenters. The van der Waals surface area contributed by atoms with Crippen LogP contribution in [0.5, 0.6) is 0 Å². The van der Waals surface area contributed by atoms with Gasteiger partial charge in [-0.25, -0.2) is 24.1 Å². The first kappa shape index (κ1) is 32.5. The van der Waals surface area contributed by atoms with Gasteiger partial charge in [0.1, 0.15) is 48.5 Å². The first-order valence-electron chi connectivity index (χ1n) is 12.7. The number of aliphatic hydroxyl groups is 4. The Hall–Kier alpha value is -2.88. The number of phosphoric acid groups is 2. The van der Waals surface area contributed by atoms with Gasteiger partial charge >= 0.3 is 15.6 Å². The number of fused-ring (bicyclic) bond motifs is 1. The fraction of sp³-hybridized carbons (Fsp3) is 0.524. The molecule has 0 spiro atoms. The van der Waals surface area contributed by atoms with Gasteiger partial charge in [0.2, 0.25) is 5.91 Å². The molecule has 3 aliphatic heterocycles. The van der Waals surface area contributed by atoms with Crippen molar-refractivity contribution in [2.75, 3.05) is 18.9 Å². The number of imidazole rings is 1. The number of nitrogen functional groups attached to an aromatic ring is 1. The van der Waals surface area contributed by atoms with Crippen molar-refractivity contribution in [2.24, 2.45) is 5.73 Å². The zero-order valence-corrected chi connectivity index (χ0v) is 24.2. The van der Waals surface area contributed by atoms with Crippen LogP contribution in [0.1, 0.15) is 12.6 Å². The van der Waals surface area contributed by atoms with Crippen molar-refractivity contribution in [3.05, 3.63) is 36.7 Å². The SMILES string of the molecule is NC(=O)C1=CN([C@@H]2O[C@@H](COP(=O)(O)OP(=O)(O)OC[C@@H]3O[C@H](n4cnc5c(N)ncnc54)[C@@H](O)[C@H]3O)[C@@H](O)[C@H]2O)C=CC1. The van der Waals surface area contributed by atoms with Crippen molar-refractivity contribution in [3.8, 4) is 0 Å². The summed E-state index contributed by atoms with van der Waals surface area (Å²) < 4.78 is 50.8. The summed E-state index contributed by atoms with van der Waals surface area (Å²) in [6.45, 7) is -1.79. The summed E-state index contributed by atoms with van der Waals surface area (Å²) in [5.41, 5.74) is 11.6. The van der Waals surface area contributed by atoms with Crippen LogP contribution < -0.4 is 11.5 Å². The van der Waals surface area contributed by atoms with Gasteiger partial charge in [-0.05, 0) is 6.42 Å². The van der Waals surface area contributed by atoms with Crippen LogP contribution in [0.4, 0.5) is 5.82 Å². The van der Waals surface area contributed by atoms with E-state index in [4.69, 9.17) is 30.0 Å². The van der Waals surface area contributed by atoms with Gasteiger partial charge in [-0.3, -0.25) is 18.4 Å². The van der Waals surface area contributed by atoms with E-state index in [1.807, 2.05) is 0 Å².